The number of methoxy groups -OCH3 is 2. The van der Waals surface area contributed by atoms with E-state index in [2.05, 4.69) is 15.4 Å². The molecule has 0 aliphatic heterocycles. The lowest BCUT2D eigenvalue weighted by atomic mass is 10.1. The van der Waals surface area contributed by atoms with Gasteiger partial charge in [-0.05, 0) is 18.2 Å². The first-order valence-electron chi connectivity index (χ1n) is 6.55. The van der Waals surface area contributed by atoms with E-state index in [1.807, 2.05) is 0 Å². The van der Waals surface area contributed by atoms with E-state index >= 15 is 0 Å². The molecular weight excluding hydrogens is 284 g/mol. The molecule has 2 heterocycles. The smallest absolute Gasteiger partial charge is 0.260 e. The Kier molecular flexibility index (Phi) is 3.61. The van der Waals surface area contributed by atoms with Gasteiger partial charge in [0.15, 0.2) is 17.1 Å². The molecule has 112 valence electrons. The van der Waals surface area contributed by atoms with Gasteiger partial charge in [0, 0.05) is 12.3 Å². The largest absolute Gasteiger partial charge is 0.493 e. The van der Waals surface area contributed by atoms with E-state index in [1.54, 1.807) is 47.2 Å². The fraction of sp³-hybridized carbons (Fsp3) is 0.133. The second-order valence-corrected chi connectivity index (χ2v) is 4.43. The topological polar surface area (TPSA) is 77.8 Å². The third-order valence-corrected chi connectivity index (χ3v) is 3.18. The van der Waals surface area contributed by atoms with Crippen molar-refractivity contribution in [3.8, 4) is 11.5 Å². The minimum absolute atomic E-state index is 0.321. The van der Waals surface area contributed by atoms with E-state index in [4.69, 9.17) is 9.47 Å². The van der Waals surface area contributed by atoms with Gasteiger partial charge in [-0.15, -0.1) is 0 Å². The van der Waals surface area contributed by atoms with Crippen molar-refractivity contribution in [3.05, 3.63) is 48.3 Å². The van der Waals surface area contributed by atoms with Crippen LogP contribution in [0.2, 0.25) is 0 Å². The Morgan fingerprint density at radius 1 is 1.14 bits per heavy atom. The highest BCUT2D eigenvalue weighted by atomic mass is 16.5. The van der Waals surface area contributed by atoms with Crippen molar-refractivity contribution in [2.75, 3.05) is 19.5 Å². The van der Waals surface area contributed by atoms with Gasteiger partial charge in [-0.1, -0.05) is 6.07 Å². The van der Waals surface area contributed by atoms with E-state index < -0.39 is 0 Å². The van der Waals surface area contributed by atoms with Crippen LogP contribution in [0.5, 0.6) is 11.5 Å². The molecule has 3 aromatic rings. The first-order valence-corrected chi connectivity index (χ1v) is 6.55. The Morgan fingerprint density at radius 2 is 2.00 bits per heavy atom. The summed E-state index contributed by atoms with van der Waals surface area (Å²) in [6.45, 7) is 0. The van der Waals surface area contributed by atoms with Gasteiger partial charge < -0.3 is 14.8 Å². The maximum absolute atomic E-state index is 12.5. The molecular formula is C15H14N4O3. The average molecular weight is 298 g/mol. The number of carbonyl (C=O) groups is 1. The van der Waals surface area contributed by atoms with Crippen LogP contribution in [0.4, 0.5) is 5.82 Å². The number of para-hydroxylation sites is 1. The highest BCUT2D eigenvalue weighted by Gasteiger charge is 2.17. The van der Waals surface area contributed by atoms with Crippen molar-refractivity contribution < 1.29 is 14.3 Å². The SMILES string of the molecule is COc1cccc(C(=O)Nc2ccnc3ccnn23)c1OC. The molecule has 7 heteroatoms. The normalized spacial score (nSPS) is 10.5. The molecule has 0 saturated carbocycles. The molecule has 7 nitrogen and oxygen atoms in total. The number of aromatic nitrogens is 3. The zero-order chi connectivity index (χ0) is 15.5. The van der Waals surface area contributed by atoms with Crippen molar-refractivity contribution in [1.29, 1.82) is 0 Å². The summed E-state index contributed by atoms with van der Waals surface area (Å²) in [7, 11) is 3.02. The Balaban J connectivity index is 1.97. The molecule has 0 saturated heterocycles. The number of hydrogen-bond donors (Lipinski definition) is 1. The molecule has 0 bridgehead atoms. The molecule has 0 fully saturated rings. The van der Waals surface area contributed by atoms with Gasteiger partial charge in [0.2, 0.25) is 0 Å². The fourth-order valence-corrected chi connectivity index (χ4v) is 2.18. The summed E-state index contributed by atoms with van der Waals surface area (Å²) in [6, 6.07) is 8.55. The van der Waals surface area contributed by atoms with E-state index in [9.17, 15) is 4.79 Å². The van der Waals surface area contributed by atoms with E-state index in [-0.39, 0.29) is 5.91 Å². The summed E-state index contributed by atoms with van der Waals surface area (Å²) in [5, 5.41) is 6.92. The Morgan fingerprint density at radius 3 is 2.77 bits per heavy atom. The zero-order valence-corrected chi connectivity index (χ0v) is 12.1. The molecule has 0 radical (unpaired) electrons. The second-order valence-electron chi connectivity index (χ2n) is 4.43. The number of nitrogens with zero attached hydrogens (tertiary/aromatic N) is 3. The Labute approximate surface area is 126 Å². The lowest BCUT2D eigenvalue weighted by Gasteiger charge is -2.12. The number of benzene rings is 1. The van der Waals surface area contributed by atoms with Crippen LogP contribution in [0.1, 0.15) is 10.4 Å². The summed E-state index contributed by atoms with van der Waals surface area (Å²) in [6.07, 6.45) is 3.22. The minimum Gasteiger partial charge on any atom is -0.493 e. The monoisotopic (exact) mass is 298 g/mol. The van der Waals surface area contributed by atoms with Crippen LogP contribution in [0.25, 0.3) is 5.65 Å². The zero-order valence-electron chi connectivity index (χ0n) is 12.1. The van der Waals surface area contributed by atoms with Gasteiger partial charge in [0.05, 0.1) is 26.0 Å². The summed E-state index contributed by atoms with van der Waals surface area (Å²) >= 11 is 0. The lowest BCUT2D eigenvalue weighted by Crippen LogP contribution is -2.16. The Hall–Kier alpha value is -3.09. The van der Waals surface area contributed by atoms with Gasteiger partial charge in [-0.2, -0.15) is 9.61 Å². The van der Waals surface area contributed by atoms with Gasteiger partial charge in [-0.3, -0.25) is 4.79 Å². The fourth-order valence-electron chi connectivity index (χ4n) is 2.18. The highest BCUT2D eigenvalue weighted by Crippen LogP contribution is 2.31. The number of fused-ring (bicyclic) bond motifs is 1. The predicted octanol–water partition coefficient (Wildman–Crippen LogP) is 2.00. The molecule has 1 aromatic carbocycles. The molecule has 1 N–H and O–H groups in total. The molecule has 3 rings (SSSR count). The van der Waals surface area contributed by atoms with Gasteiger partial charge >= 0.3 is 0 Å². The molecule has 0 aliphatic rings. The third kappa shape index (κ3) is 2.32. The molecule has 0 unspecified atom stereocenters. The third-order valence-electron chi connectivity index (χ3n) is 3.18. The molecule has 0 spiro atoms. The van der Waals surface area contributed by atoms with Crippen molar-refractivity contribution in [2.45, 2.75) is 0 Å². The first-order chi connectivity index (χ1) is 10.7. The van der Waals surface area contributed by atoms with E-state index in [0.29, 0.717) is 28.5 Å². The number of nitrogens with one attached hydrogen (secondary N) is 1. The van der Waals surface area contributed by atoms with Crippen LogP contribution in [0.3, 0.4) is 0 Å². The minimum atomic E-state index is -0.321. The van der Waals surface area contributed by atoms with Gasteiger partial charge in [0.25, 0.3) is 5.91 Å². The van der Waals surface area contributed by atoms with Crippen molar-refractivity contribution in [3.63, 3.8) is 0 Å². The number of hydrogen-bond acceptors (Lipinski definition) is 5. The van der Waals surface area contributed by atoms with E-state index in [1.165, 1.54) is 14.2 Å². The van der Waals surface area contributed by atoms with Crippen molar-refractivity contribution >= 4 is 17.4 Å². The summed E-state index contributed by atoms with van der Waals surface area (Å²) in [5.74, 6) is 1.08. The van der Waals surface area contributed by atoms with Gasteiger partial charge in [0.1, 0.15) is 5.82 Å². The van der Waals surface area contributed by atoms with E-state index in [0.717, 1.165) is 0 Å². The number of amides is 1. The quantitative estimate of drug-likeness (QED) is 0.797. The molecule has 1 amide bonds. The summed E-state index contributed by atoms with van der Waals surface area (Å²) < 4.78 is 12.0. The summed E-state index contributed by atoms with van der Waals surface area (Å²) in [5.41, 5.74) is 1.02. The van der Waals surface area contributed by atoms with Crippen LogP contribution < -0.4 is 14.8 Å². The molecule has 22 heavy (non-hydrogen) atoms. The molecule has 0 aliphatic carbocycles. The maximum Gasteiger partial charge on any atom is 0.260 e. The number of carbonyl (C=O) groups excluding carboxylic acids is 1. The number of anilines is 1. The van der Waals surface area contributed by atoms with Crippen molar-refractivity contribution in [1.82, 2.24) is 14.6 Å². The second kappa shape index (κ2) is 5.72. The lowest BCUT2D eigenvalue weighted by molar-refractivity contribution is 0.102. The van der Waals surface area contributed by atoms with Crippen LogP contribution in [-0.4, -0.2) is 34.7 Å². The number of rotatable bonds is 4. The number of ether oxygens (including phenoxy) is 2. The van der Waals surface area contributed by atoms with Crippen molar-refractivity contribution in [2.24, 2.45) is 0 Å². The highest BCUT2D eigenvalue weighted by molar-refractivity contribution is 6.06. The molecule has 2 aromatic heterocycles. The van der Waals surface area contributed by atoms with Crippen LogP contribution >= 0.6 is 0 Å². The molecule has 0 atom stereocenters. The first kappa shape index (κ1) is 13.9. The standard InChI is InChI=1S/C15H14N4O3/c1-21-11-5-3-4-10(14(11)22-2)15(20)18-13-6-8-16-12-7-9-17-19(12)13/h3-9H,1-2H3,(H,18,20). The van der Waals surface area contributed by atoms with Crippen LogP contribution in [-0.2, 0) is 0 Å². The predicted molar refractivity (Wildman–Crippen MR) is 80.5 cm³/mol. The average Bonchev–Trinajstić information content (AvgIpc) is 3.03. The van der Waals surface area contributed by atoms with Gasteiger partial charge in [-0.25, -0.2) is 4.98 Å². The summed E-state index contributed by atoms with van der Waals surface area (Å²) in [4.78, 5) is 16.7. The van der Waals surface area contributed by atoms with Crippen LogP contribution in [0, 0.1) is 0 Å². The maximum atomic E-state index is 12.5. The van der Waals surface area contributed by atoms with Crippen LogP contribution in [0.15, 0.2) is 42.7 Å². The Bertz CT molecular complexity index is 829.